The van der Waals surface area contributed by atoms with Gasteiger partial charge in [0, 0.05) is 19.1 Å². The Morgan fingerprint density at radius 2 is 2.00 bits per heavy atom. The van der Waals surface area contributed by atoms with Gasteiger partial charge >= 0.3 is 0 Å². The quantitative estimate of drug-likeness (QED) is 0.838. The Kier molecular flexibility index (Phi) is 3.17. The number of nitrogens with one attached hydrogen (secondary N) is 2. The molecule has 0 bridgehead atoms. The van der Waals surface area contributed by atoms with Gasteiger partial charge in [-0.25, -0.2) is 4.39 Å². The van der Waals surface area contributed by atoms with Crippen molar-refractivity contribution in [3.05, 3.63) is 35.6 Å². The van der Waals surface area contributed by atoms with Gasteiger partial charge in [0.15, 0.2) is 5.96 Å². The second-order valence-electron chi connectivity index (χ2n) is 5.07. The monoisotopic (exact) mass is 247 g/mol. The lowest BCUT2D eigenvalue weighted by Crippen LogP contribution is -2.50. The third kappa shape index (κ3) is 2.47. The number of aliphatic imine (C=N–C) groups is 1. The number of hydrogen-bond donors (Lipinski definition) is 2. The van der Waals surface area contributed by atoms with Gasteiger partial charge in [-0.2, -0.15) is 0 Å². The van der Waals surface area contributed by atoms with E-state index in [-0.39, 0.29) is 5.82 Å². The van der Waals surface area contributed by atoms with Crippen LogP contribution in [-0.2, 0) is 0 Å². The van der Waals surface area contributed by atoms with Crippen LogP contribution in [0.2, 0.25) is 0 Å². The van der Waals surface area contributed by atoms with Gasteiger partial charge in [0.25, 0.3) is 0 Å². The number of halogens is 1. The minimum Gasteiger partial charge on any atom is -0.356 e. The summed E-state index contributed by atoms with van der Waals surface area (Å²) in [4.78, 5) is 4.41. The first-order valence-electron chi connectivity index (χ1n) is 6.61. The van der Waals surface area contributed by atoms with Gasteiger partial charge in [0.1, 0.15) is 5.82 Å². The van der Waals surface area contributed by atoms with Crippen LogP contribution < -0.4 is 10.6 Å². The van der Waals surface area contributed by atoms with Gasteiger partial charge in [-0.15, -0.1) is 0 Å². The molecule has 18 heavy (non-hydrogen) atoms. The van der Waals surface area contributed by atoms with Crippen LogP contribution in [0.25, 0.3) is 0 Å². The number of hydrogen-bond acceptors (Lipinski definition) is 3. The Labute approximate surface area is 106 Å². The van der Waals surface area contributed by atoms with Crippen molar-refractivity contribution >= 4 is 5.96 Å². The zero-order valence-electron chi connectivity index (χ0n) is 10.3. The lowest BCUT2D eigenvalue weighted by Gasteiger charge is -2.37. The predicted molar refractivity (Wildman–Crippen MR) is 70.2 cm³/mol. The average molecular weight is 247 g/mol. The Hall–Kier alpha value is -1.58. The minimum absolute atomic E-state index is 0.159. The number of benzene rings is 1. The second-order valence-corrected chi connectivity index (χ2v) is 5.07. The van der Waals surface area contributed by atoms with Crippen LogP contribution in [0.5, 0.6) is 0 Å². The molecule has 1 aliphatic heterocycles. The SMILES string of the molecule is Fc1ccc(C2CC(NC3=NCCCN3)C2)cc1. The molecule has 0 atom stereocenters. The lowest BCUT2D eigenvalue weighted by molar-refractivity contribution is 0.321. The van der Waals surface area contributed by atoms with Crippen molar-refractivity contribution in [1.82, 2.24) is 10.6 Å². The summed E-state index contributed by atoms with van der Waals surface area (Å²) in [7, 11) is 0. The van der Waals surface area contributed by atoms with Gasteiger partial charge in [-0.3, -0.25) is 4.99 Å². The van der Waals surface area contributed by atoms with Crippen molar-refractivity contribution < 1.29 is 4.39 Å². The molecular formula is C14H18FN3. The second kappa shape index (κ2) is 4.96. The highest BCUT2D eigenvalue weighted by Crippen LogP contribution is 2.36. The summed E-state index contributed by atoms with van der Waals surface area (Å²) in [6, 6.07) is 7.38. The van der Waals surface area contributed by atoms with Crippen LogP contribution in [-0.4, -0.2) is 25.1 Å². The van der Waals surface area contributed by atoms with Crippen LogP contribution in [0, 0.1) is 5.82 Å². The molecule has 2 N–H and O–H groups in total. The van der Waals surface area contributed by atoms with E-state index in [2.05, 4.69) is 15.6 Å². The highest BCUT2D eigenvalue weighted by atomic mass is 19.1. The molecule has 0 radical (unpaired) electrons. The van der Waals surface area contributed by atoms with Gasteiger partial charge < -0.3 is 10.6 Å². The first kappa shape index (κ1) is 11.5. The standard InChI is InChI=1S/C14H18FN3/c15-12-4-2-10(3-5-12)11-8-13(9-11)18-14-16-6-1-7-17-14/h2-5,11,13H,1,6-9H2,(H2,16,17,18). The molecule has 0 saturated heterocycles. The molecule has 1 aliphatic carbocycles. The third-order valence-electron chi connectivity index (χ3n) is 3.72. The molecule has 1 aromatic rings. The summed E-state index contributed by atoms with van der Waals surface area (Å²) >= 11 is 0. The molecule has 0 amide bonds. The highest BCUT2D eigenvalue weighted by Gasteiger charge is 2.30. The average Bonchev–Trinajstić information content (AvgIpc) is 2.36. The molecule has 3 nitrogen and oxygen atoms in total. The zero-order valence-corrected chi connectivity index (χ0v) is 10.3. The minimum atomic E-state index is -0.159. The Morgan fingerprint density at radius 3 is 2.67 bits per heavy atom. The highest BCUT2D eigenvalue weighted by molar-refractivity contribution is 5.80. The van der Waals surface area contributed by atoms with Crippen molar-refractivity contribution in [2.75, 3.05) is 13.1 Å². The van der Waals surface area contributed by atoms with Gasteiger partial charge in [-0.05, 0) is 42.9 Å². The van der Waals surface area contributed by atoms with Crippen LogP contribution in [0.4, 0.5) is 4.39 Å². The molecule has 3 rings (SSSR count). The maximum Gasteiger partial charge on any atom is 0.191 e. The molecule has 0 unspecified atom stereocenters. The summed E-state index contributed by atoms with van der Waals surface area (Å²) < 4.78 is 12.8. The molecular weight excluding hydrogens is 229 g/mol. The molecule has 1 heterocycles. The van der Waals surface area contributed by atoms with E-state index in [1.165, 1.54) is 5.56 Å². The van der Waals surface area contributed by atoms with E-state index in [9.17, 15) is 4.39 Å². The molecule has 0 aromatic heterocycles. The summed E-state index contributed by atoms with van der Waals surface area (Å²) in [6.45, 7) is 1.93. The number of nitrogens with zero attached hydrogens (tertiary/aromatic N) is 1. The van der Waals surface area contributed by atoms with Gasteiger partial charge in [-0.1, -0.05) is 12.1 Å². The topological polar surface area (TPSA) is 36.4 Å². The first-order chi connectivity index (χ1) is 8.81. The Bertz CT molecular complexity index is 435. The van der Waals surface area contributed by atoms with Crippen molar-refractivity contribution in [2.45, 2.75) is 31.2 Å². The molecule has 2 aliphatic rings. The molecule has 1 saturated carbocycles. The van der Waals surface area contributed by atoms with Gasteiger partial charge in [0.2, 0.25) is 0 Å². The van der Waals surface area contributed by atoms with Crippen molar-refractivity contribution in [3.8, 4) is 0 Å². The fraction of sp³-hybridized carbons (Fsp3) is 0.500. The summed E-state index contributed by atoms with van der Waals surface area (Å²) in [6.07, 6.45) is 3.33. The van der Waals surface area contributed by atoms with Gasteiger partial charge in [0.05, 0.1) is 0 Å². The maximum atomic E-state index is 12.8. The van der Waals surface area contributed by atoms with Crippen LogP contribution in [0.15, 0.2) is 29.3 Å². The van der Waals surface area contributed by atoms with Crippen molar-refractivity contribution in [2.24, 2.45) is 4.99 Å². The normalized spacial score (nSPS) is 26.8. The van der Waals surface area contributed by atoms with E-state index in [0.717, 1.165) is 38.3 Å². The van der Waals surface area contributed by atoms with E-state index >= 15 is 0 Å². The van der Waals surface area contributed by atoms with Crippen molar-refractivity contribution in [3.63, 3.8) is 0 Å². The molecule has 96 valence electrons. The van der Waals surface area contributed by atoms with E-state index in [4.69, 9.17) is 0 Å². The Balaban J connectivity index is 1.51. The smallest absolute Gasteiger partial charge is 0.191 e. The summed E-state index contributed by atoms with van der Waals surface area (Å²) in [5, 5.41) is 6.70. The third-order valence-corrected chi connectivity index (χ3v) is 3.72. The first-order valence-corrected chi connectivity index (χ1v) is 6.61. The van der Waals surface area contributed by atoms with Crippen LogP contribution in [0.1, 0.15) is 30.7 Å². The predicted octanol–water partition coefficient (Wildman–Crippen LogP) is 2.01. The summed E-state index contributed by atoms with van der Waals surface area (Å²) in [5.74, 6) is 1.35. The Morgan fingerprint density at radius 1 is 1.22 bits per heavy atom. The van der Waals surface area contributed by atoms with E-state index in [0.29, 0.717) is 12.0 Å². The van der Waals surface area contributed by atoms with E-state index in [1.54, 1.807) is 12.1 Å². The van der Waals surface area contributed by atoms with Crippen LogP contribution in [0.3, 0.4) is 0 Å². The zero-order chi connectivity index (χ0) is 12.4. The lowest BCUT2D eigenvalue weighted by atomic mass is 9.76. The van der Waals surface area contributed by atoms with Crippen LogP contribution >= 0.6 is 0 Å². The summed E-state index contributed by atoms with van der Waals surface area (Å²) in [5.41, 5.74) is 1.24. The number of rotatable bonds is 2. The largest absolute Gasteiger partial charge is 0.356 e. The molecule has 1 fully saturated rings. The fourth-order valence-electron chi connectivity index (χ4n) is 2.57. The maximum absolute atomic E-state index is 12.8. The molecule has 4 heteroatoms. The van der Waals surface area contributed by atoms with E-state index in [1.807, 2.05) is 12.1 Å². The molecule has 0 spiro atoms. The molecule has 1 aromatic carbocycles. The van der Waals surface area contributed by atoms with E-state index < -0.39 is 0 Å². The number of guanidine groups is 1. The fourth-order valence-corrected chi connectivity index (χ4v) is 2.57. The van der Waals surface area contributed by atoms with Crippen molar-refractivity contribution in [1.29, 1.82) is 0 Å².